The lowest BCUT2D eigenvalue weighted by Gasteiger charge is -2.53. The van der Waals surface area contributed by atoms with E-state index in [1.165, 1.54) is 31.1 Å². The van der Waals surface area contributed by atoms with Gasteiger partial charge in [-0.2, -0.15) is 0 Å². The number of hydrogen-bond acceptors (Lipinski definition) is 12. The van der Waals surface area contributed by atoms with Crippen LogP contribution in [0.15, 0.2) is 34.8 Å². The summed E-state index contributed by atoms with van der Waals surface area (Å²) >= 11 is 0. The molecule has 4 aliphatic rings. The van der Waals surface area contributed by atoms with Gasteiger partial charge in [0.1, 0.15) is 17.1 Å². The highest BCUT2D eigenvalue weighted by Gasteiger charge is 2.67. The first-order valence-electron chi connectivity index (χ1n) is 15.9. The molecule has 256 valence electrons. The van der Waals surface area contributed by atoms with E-state index in [0.29, 0.717) is 5.56 Å². The molecular formula is C33H45N5O9. The molecule has 1 aromatic carbocycles. The number of aliphatic hydroxyl groups excluding tert-OH is 3. The van der Waals surface area contributed by atoms with Crippen molar-refractivity contribution in [2.45, 2.75) is 69.7 Å². The number of amides is 2. The van der Waals surface area contributed by atoms with Gasteiger partial charge in [0.25, 0.3) is 5.91 Å². The number of phenolic OH excluding ortho intramolecular Hbond substituents is 1. The van der Waals surface area contributed by atoms with Crippen molar-refractivity contribution < 1.29 is 44.7 Å². The Balaban J connectivity index is 1.57. The number of nitrogens with zero attached hydrogens (tertiary/aromatic N) is 2. The number of aliphatic hydroxyl groups is 4. The average molecular weight is 656 g/mol. The molecule has 5 rings (SSSR count). The zero-order valence-corrected chi connectivity index (χ0v) is 27.5. The molecule has 0 spiro atoms. The molecule has 6 atom stereocenters. The Bertz CT molecular complexity index is 1570. The minimum atomic E-state index is -2.97. The summed E-state index contributed by atoms with van der Waals surface area (Å²) < 4.78 is 0. The number of aromatic hydroxyl groups is 1. The SMILES string of the molecule is CC1c2ccc(NC(=O)CNC(C)(C)C)c(O)c2C(=O)C2=C(O)[C@]3(O)C(=O)C(C(=O)NCN4CCCC4)=C(O)[C@@H](N(C)C)C3C(O)C21. The predicted molar refractivity (Wildman–Crippen MR) is 171 cm³/mol. The minimum absolute atomic E-state index is 0.0669. The lowest BCUT2D eigenvalue weighted by atomic mass is 9.55. The molecule has 0 bridgehead atoms. The quantitative estimate of drug-likeness (QED) is 0.150. The number of rotatable bonds is 7. The summed E-state index contributed by atoms with van der Waals surface area (Å²) in [7, 11) is 3.05. The third kappa shape index (κ3) is 5.71. The molecule has 1 aliphatic heterocycles. The first kappa shape index (κ1) is 34.5. The standard InChI is InChI=1S/C33H45N5O9/c1-15-16-9-10-17(36-18(39)13-35-32(2,3)4)25(40)20(16)26(41)21-19(15)27(42)23-24(37(5)6)28(43)22(30(45)33(23,47)29(21)44)31(46)34-14-38-11-7-8-12-38/h9-10,15,19,23-24,27,35,40,42-44,47H,7-8,11-14H2,1-6H3,(H,34,46)(H,36,39)/t15?,19?,23?,24-,27?,33-/m0/s1. The molecule has 4 unspecified atom stereocenters. The Hall–Kier alpha value is -3.82. The van der Waals surface area contributed by atoms with E-state index >= 15 is 0 Å². The average Bonchev–Trinajstić information content (AvgIpc) is 3.51. The Labute approximate surface area is 273 Å². The molecule has 0 aromatic heterocycles. The van der Waals surface area contributed by atoms with Crippen molar-refractivity contribution in [3.63, 3.8) is 0 Å². The summed E-state index contributed by atoms with van der Waals surface area (Å²) in [4.78, 5) is 57.6. The third-order valence-corrected chi connectivity index (χ3v) is 9.83. The maximum Gasteiger partial charge on any atom is 0.259 e. The fourth-order valence-corrected chi connectivity index (χ4v) is 7.46. The molecule has 2 amide bonds. The molecule has 1 saturated heterocycles. The van der Waals surface area contributed by atoms with Crippen LogP contribution in [-0.2, 0) is 14.4 Å². The highest BCUT2D eigenvalue weighted by atomic mass is 16.4. The van der Waals surface area contributed by atoms with Crippen LogP contribution < -0.4 is 16.0 Å². The maximum absolute atomic E-state index is 14.1. The molecule has 1 heterocycles. The summed E-state index contributed by atoms with van der Waals surface area (Å²) in [5.41, 5.74) is -4.62. The summed E-state index contributed by atoms with van der Waals surface area (Å²) in [6.07, 6.45) is 0.220. The van der Waals surface area contributed by atoms with Gasteiger partial charge in [0.2, 0.25) is 11.7 Å². The number of carbonyl (C=O) groups excluding carboxylic acids is 4. The van der Waals surface area contributed by atoms with Crippen LogP contribution in [0.25, 0.3) is 0 Å². The van der Waals surface area contributed by atoms with Crippen LogP contribution in [0.5, 0.6) is 5.75 Å². The van der Waals surface area contributed by atoms with Gasteiger partial charge in [0.05, 0.1) is 42.5 Å². The number of ketones is 2. The second kappa shape index (κ2) is 12.3. The van der Waals surface area contributed by atoms with Crippen LogP contribution in [0.2, 0.25) is 0 Å². The highest BCUT2D eigenvalue weighted by molar-refractivity contribution is 6.25. The summed E-state index contributed by atoms with van der Waals surface area (Å²) in [5, 5.41) is 66.6. The Morgan fingerprint density at radius 1 is 1.09 bits per heavy atom. The monoisotopic (exact) mass is 655 g/mol. The molecule has 0 radical (unpaired) electrons. The zero-order chi connectivity index (χ0) is 34.7. The number of phenols is 1. The second-order valence-corrected chi connectivity index (χ2v) is 14.3. The lowest BCUT2D eigenvalue weighted by molar-refractivity contribution is -0.162. The van der Waals surface area contributed by atoms with E-state index in [9.17, 15) is 44.7 Å². The van der Waals surface area contributed by atoms with Crippen LogP contribution in [0, 0.1) is 11.8 Å². The number of anilines is 1. The molecule has 0 saturated carbocycles. The Morgan fingerprint density at radius 2 is 1.72 bits per heavy atom. The second-order valence-electron chi connectivity index (χ2n) is 14.3. The normalized spacial score (nSPS) is 29.5. The molecule has 1 fully saturated rings. The number of nitrogens with one attached hydrogen (secondary N) is 3. The molecule has 1 aromatic rings. The van der Waals surface area contributed by atoms with Crippen molar-refractivity contribution in [2.24, 2.45) is 11.8 Å². The molecular weight excluding hydrogens is 610 g/mol. The summed E-state index contributed by atoms with van der Waals surface area (Å²) in [5.74, 6) is -9.56. The molecule has 8 N–H and O–H groups in total. The largest absolute Gasteiger partial charge is 0.510 e. The number of likely N-dealkylation sites (tertiary alicyclic amines) is 1. The Kier molecular flexibility index (Phi) is 9.05. The van der Waals surface area contributed by atoms with Crippen molar-refractivity contribution in [2.75, 3.05) is 45.7 Å². The number of benzene rings is 1. The van der Waals surface area contributed by atoms with Gasteiger partial charge in [-0.05, 0) is 78.3 Å². The van der Waals surface area contributed by atoms with Gasteiger partial charge in [-0.25, -0.2) is 0 Å². The third-order valence-electron chi connectivity index (χ3n) is 9.83. The van der Waals surface area contributed by atoms with Crippen molar-refractivity contribution in [1.82, 2.24) is 20.4 Å². The van der Waals surface area contributed by atoms with Crippen LogP contribution in [0.1, 0.15) is 62.4 Å². The van der Waals surface area contributed by atoms with Crippen molar-refractivity contribution in [3.8, 4) is 5.75 Å². The number of Topliss-reactive ketones (excluding diaryl/α,β-unsaturated/α-hetero) is 2. The number of likely N-dealkylation sites (N-methyl/N-ethyl adjacent to an activating group) is 1. The Morgan fingerprint density at radius 3 is 2.32 bits per heavy atom. The molecule has 14 heteroatoms. The van der Waals surface area contributed by atoms with Crippen molar-refractivity contribution in [3.05, 3.63) is 45.9 Å². The van der Waals surface area contributed by atoms with E-state index in [1.54, 1.807) is 6.92 Å². The van der Waals surface area contributed by atoms with Gasteiger partial charge in [-0.3, -0.25) is 29.0 Å². The number of fused-ring (bicyclic) bond motifs is 3. The van der Waals surface area contributed by atoms with Crippen molar-refractivity contribution >= 4 is 29.1 Å². The topological polar surface area (TPSA) is 212 Å². The van der Waals surface area contributed by atoms with Gasteiger partial charge in [0, 0.05) is 17.0 Å². The first-order valence-corrected chi connectivity index (χ1v) is 15.9. The van der Waals surface area contributed by atoms with Gasteiger partial charge >= 0.3 is 0 Å². The summed E-state index contributed by atoms with van der Waals surface area (Å²) in [6.45, 7) is 8.77. The van der Waals surface area contributed by atoms with E-state index in [-0.39, 0.29) is 30.0 Å². The molecule has 3 aliphatic carbocycles. The predicted octanol–water partition coefficient (Wildman–Crippen LogP) is 0.663. The number of hydrogen-bond donors (Lipinski definition) is 8. The smallest absolute Gasteiger partial charge is 0.259 e. The van der Waals surface area contributed by atoms with Gasteiger partial charge < -0.3 is 41.5 Å². The minimum Gasteiger partial charge on any atom is -0.510 e. The van der Waals surface area contributed by atoms with Crippen LogP contribution in [0.3, 0.4) is 0 Å². The van der Waals surface area contributed by atoms with E-state index < -0.39 is 87.3 Å². The van der Waals surface area contributed by atoms with E-state index in [0.717, 1.165) is 25.9 Å². The van der Waals surface area contributed by atoms with Crippen LogP contribution >= 0.6 is 0 Å². The van der Waals surface area contributed by atoms with Gasteiger partial charge in [-0.15, -0.1) is 0 Å². The fourth-order valence-electron chi connectivity index (χ4n) is 7.46. The first-order chi connectivity index (χ1) is 21.9. The van der Waals surface area contributed by atoms with Gasteiger partial charge in [0.15, 0.2) is 17.1 Å². The van der Waals surface area contributed by atoms with Gasteiger partial charge in [-0.1, -0.05) is 13.0 Å². The zero-order valence-electron chi connectivity index (χ0n) is 27.5. The fraction of sp³-hybridized carbons (Fsp3) is 0.576. The maximum atomic E-state index is 14.1. The molecule has 47 heavy (non-hydrogen) atoms. The van der Waals surface area contributed by atoms with E-state index in [4.69, 9.17) is 0 Å². The van der Waals surface area contributed by atoms with E-state index in [2.05, 4.69) is 16.0 Å². The van der Waals surface area contributed by atoms with Crippen molar-refractivity contribution in [1.29, 1.82) is 0 Å². The highest BCUT2D eigenvalue weighted by Crippen LogP contribution is 2.56. The van der Waals surface area contributed by atoms with Crippen LogP contribution in [0.4, 0.5) is 5.69 Å². The number of carbonyl (C=O) groups is 4. The van der Waals surface area contributed by atoms with Crippen LogP contribution in [-0.4, -0.2) is 122 Å². The summed E-state index contributed by atoms with van der Waals surface area (Å²) in [6, 6.07) is 1.66. The molecule has 14 nitrogen and oxygen atoms in total. The van der Waals surface area contributed by atoms with E-state index in [1.807, 2.05) is 25.7 Å². The lowest BCUT2D eigenvalue weighted by Crippen LogP contribution is -2.68.